The molecule has 0 amide bonds. The number of hydrogen-bond acceptors (Lipinski definition) is 3. The summed E-state index contributed by atoms with van der Waals surface area (Å²) >= 11 is 0. The van der Waals surface area contributed by atoms with Crippen LogP contribution in [0, 0.1) is 12.8 Å². The summed E-state index contributed by atoms with van der Waals surface area (Å²) in [5.41, 5.74) is 2.43. The molecule has 1 N–H and O–H groups in total. The van der Waals surface area contributed by atoms with Gasteiger partial charge in [-0.15, -0.1) is 0 Å². The average Bonchev–Trinajstić information content (AvgIpc) is 2.31. The molecule has 0 aromatic carbocycles. The molecule has 0 bridgehead atoms. The van der Waals surface area contributed by atoms with Crippen LogP contribution in [0.3, 0.4) is 0 Å². The Morgan fingerprint density at radius 3 is 2.61 bits per heavy atom. The van der Waals surface area contributed by atoms with Crippen molar-refractivity contribution in [1.29, 1.82) is 0 Å². The van der Waals surface area contributed by atoms with Crippen molar-refractivity contribution in [3.8, 4) is 0 Å². The topological polar surface area (TPSA) is 28.2 Å². The zero-order valence-electron chi connectivity index (χ0n) is 12.5. The first-order chi connectivity index (χ1) is 8.54. The normalized spacial score (nSPS) is 11.0. The van der Waals surface area contributed by atoms with Gasteiger partial charge in [0.1, 0.15) is 5.82 Å². The largest absolute Gasteiger partial charge is 0.360 e. The molecule has 18 heavy (non-hydrogen) atoms. The third kappa shape index (κ3) is 4.65. The summed E-state index contributed by atoms with van der Waals surface area (Å²) in [6.07, 6.45) is 1.15. The smallest absolute Gasteiger partial charge is 0.128 e. The van der Waals surface area contributed by atoms with Crippen molar-refractivity contribution in [3.63, 3.8) is 0 Å². The number of pyridine rings is 1. The highest BCUT2D eigenvalue weighted by atomic mass is 15.2. The maximum absolute atomic E-state index is 4.68. The van der Waals surface area contributed by atoms with Crippen LogP contribution in [0.5, 0.6) is 0 Å². The summed E-state index contributed by atoms with van der Waals surface area (Å²) < 4.78 is 0. The van der Waals surface area contributed by atoms with Crippen LogP contribution in [0.1, 0.15) is 38.4 Å². The van der Waals surface area contributed by atoms with Gasteiger partial charge in [0, 0.05) is 25.8 Å². The van der Waals surface area contributed by atoms with Crippen LogP contribution in [-0.2, 0) is 6.54 Å². The van der Waals surface area contributed by atoms with Gasteiger partial charge in [-0.25, -0.2) is 4.98 Å². The molecule has 0 fully saturated rings. The van der Waals surface area contributed by atoms with Crippen LogP contribution in [0.15, 0.2) is 12.1 Å². The van der Waals surface area contributed by atoms with E-state index < -0.39 is 0 Å². The summed E-state index contributed by atoms with van der Waals surface area (Å²) in [6.45, 7) is 11.7. The van der Waals surface area contributed by atoms with Crippen LogP contribution >= 0.6 is 0 Å². The summed E-state index contributed by atoms with van der Waals surface area (Å²) in [6, 6.07) is 4.31. The lowest BCUT2D eigenvalue weighted by Crippen LogP contribution is -2.21. The van der Waals surface area contributed by atoms with E-state index in [0.717, 1.165) is 37.6 Å². The van der Waals surface area contributed by atoms with Gasteiger partial charge in [-0.05, 0) is 37.4 Å². The Morgan fingerprint density at radius 1 is 1.33 bits per heavy atom. The summed E-state index contributed by atoms with van der Waals surface area (Å²) in [4.78, 5) is 6.88. The van der Waals surface area contributed by atoms with E-state index in [1.165, 1.54) is 5.56 Å². The Balaban J connectivity index is 2.62. The molecule has 3 heteroatoms. The Labute approximate surface area is 112 Å². The third-order valence-corrected chi connectivity index (χ3v) is 3.00. The van der Waals surface area contributed by atoms with Crippen molar-refractivity contribution in [2.75, 3.05) is 25.0 Å². The minimum Gasteiger partial charge on any atom is -0.360 e. The van der Waals surface area contributed by atoms with Crippen LogP contribution in [0.2, 0.25) is 0 Å². The summed E-state index contributed by atoms with van der Waals surface area (Å²) in [5.74, 6) is 1.76. The quantitative estimate of drug-likeness (QED) is 0.805. The SMILES string of the molecule is CCCN(C)c1ccc(CNCC(C)C)c(C)n1. The Hall–Kier alpha value is -1.09. The molecule has 1 aromatic heterocycles. The van der Waals surface area contributed by atoms with Gasteiger partial charge in [-0.3, -0.25) is 0 Å². The van der Waals surface area contributed by atoms with E-state index >= 15 is 0 Å². The first-order valence-electron chi connectivity index (χ1n) is 6.93. The minimum atomic E-state index is 0.688. The average molecular weight is 249 g/mol. The third-order valence-electron chi connectivity index (χ3n) is 3.00. The molecule has 0 spiro atoms. The van der Waals surface area contributed by atoms with Gasteiger partial charge < -0.3 is 10.2 Å². The first-order valence-corrected chi connectivity index (χ1v) is 6.93. The lowest BCUT2D eigenvalue weighted by atomic mass is 10.2. The Bertz CT molecular complexity index is 361. The molecule has 0 saturated carbocycles. The highest BCUT2D eigenvalue weighted by Crippen LogP contribution is 2.14. The first kappa shape index (κ1) is 15.0. The molecule has 0 unspecified atom stereocenters. The van der Waals surface area contributed by atoms with E-state index in [2.05, 4.69) is 62.1 Å². The molecule has 0 aliphatic rings. The molecule has 102 valence electrons. The van der Waals surface area contributed by atoms with E-state index in [-0.39, 0.29) is 0 Å². The second-order valence-corrected chi connectivity index (χ2v) is 5.36. The van der Waals surface area contributed by atoms with Crippen molar-refractivity contribution >= 4 is 5.82 Å². The molecule has 0 radical (unpaired) electrons. The minimum absolute atomic E-state index is 0.688. The van der Waals surface area contributed by atoms with Crippen molar-refractivity contribution in [3.05, 3.63) is 23.4 Å². The molecular formula is C15H27N3. The number of aromatic nitrogens is 1. The van der Waals surface area contributed by atoms with Gasteiger partial charge in [-0.2, -0.15) is 0 Å². The molecule has 0 saturated heterocycles. The fraction of sp³-hybridized carbons (Fsp3) is 0.667. The highest BCUT2D eigenvalue weighted by Gasteiger charge is 2.05. The van der Waals surface area contributed by atoms with Gasteiger partial charge in [0.15, 0.2) is 0 Å². The van der Waals surface area contributed by atoms with Crippen molar-refractivity contribution in [2.45, 2.75) is 40.7 Å². The predicted octanol–water partition coefficient (Wildman–Crippen LogP) is 2.98. The molecule has 0 atom stereocenters. The number of anilines is 1. The Kier molecular flexibility index (Phi) is 6.13. The second kappa shape index (κ2) is 7.37. The number of aryl methyl sites for hydroxylation is 1. The maximum atomic E-state index is 4.68. The second-order valence-electron chi connectivity index (χ2n) is 5.36. The van der Waals surface area contributed by atoms with E-state index in [9.17, 15) is 0 Å². The van der Waals surface area contributed by atoms with Gasteiger partial charge in [-0.1, -0.05) is 26.8 Å². The highest BCUT2D eigenvalue weighted by molar-refractivity contribution is 5.40. The fourth-order valence-electron chi connectivity index (χ4n) is 1.92. The zero-order valence-corrected chi connectivity index (χ0v) is 12.5. The van der Waals surface area contributed by atoms with Crippen LogP contribution in [-0.4, -0.2) is 25.1 Å². The lowest BCUT2D eigenvalue weighted by molar-refractivity contribution is 0.551. The summed E-state index contributed by atoms with van der Waals surface area (Å²) in [5, 5.41) is 3.46. The maximum Gasteiger partial charge on any atom is 0.128 e. The van der Waals surface area contributed by atoms with Crippen LogP contribution in [0.4, 0.5) is 5.82 Å². The van der Waals surface area contributed by atoms with E-state index in [4.69, 9.17) is 0 Å². The Morgan fingerprint density at radius 2 is 2.06 bits per heavy atom. The van der Waals surface area contributed by atoms with E-state index in [1.807, 2.05) is 0 Å². The zero-order chi connectivity index (χ0) is 13.5. The standard InChI is InChI=1S/C15H27N3/c1-6-9-18(5)15-8-7-14(13(4)17-15)11-16-10-12(2)3/h7-8,12,16H,6,9-11H2,1-5H3. The van der Waals surface area contributed by atoms with E-state index in [1.54, 1.807) is 0 Å². The summed E-state index contributed by atoms with van der Waals surface area (Å²) in [7, 11) is 2.10. The molecular weight excluding hydrogens is 222 g/mol. The number of nitrogens with one attached hydrogen (secondary N) is 1. The fourth-order valence-corrected chi connectivity index (χ4v) is 1.92. The molecule has 1 aromatic rings. The van der Waals surface area contributed by atoms with Crippen LogP contribution < -0.4 is 10.2 Å². The van der Waals surface area contributed by atoms with Crippen molar-refractivity contribution < 1.29 is 0 Å². The van der Waals surface area contributed by atoms with Gasteiger partial charge in [0.25, 0.3) is 0 Å². The number of rotatable bonds is 7. The monoisotopic (exact) mass is 249 g/mol. The van der Waals surface area contributed by atoms with Gasteiger partial charge in [0.05, 0.1) is 0 Å². The lowest BCUT2D eigenvalue weighted by Gasteiger charge is -2.18. The molecule has 1 rings (SSSR count). The van der Waals surface area contributed by atoms with Crippen LogP contribution in [0.25, 0.3) is 0 Å². The molecule has 0 aliphatic heterocycles. The van der Waals surface area contributed by atoms with Crippen molar-refractivity contribution in [2.24, 2.45) is 5.92 Å². The molecule has 1 heterocycles. The molecule has 0 aliphatic carbocycles. The van der Waals surface area contributed by atoms with E-state index in [0.29, 0.717) is 5.92 Å². The predicted molar refractivity (Wildman–Crippen MR) is 79.1 cm³/mol. The van der Waals surface area contributed by atoms with Gasteiger partial charge in [0.2, 0.25) is 0 Å². The number of nitrogens with zero attached hydrogens (tertiary/aromatic N) is 2. The molecule has 3 nitrogen and oxygen atoms in total. The van der Waals surface area contributed by atoms with Gasteiger partial charge >= 0.3 is 0 Å². The number of hydrogen-bond donors (Lipinski definition) is 1. The van der Waals surface area contributed by atoms with Crippen molar-refractivity contribution in [1.82, 2.24) is 10.3 Å².